The van der Waals surface area contributed by atoms with Crippen LogP contribution in [0.2, 0.25) is 5.02 Å². The first-order valence-electron chi connectivity index (χ1n) is 3.72. The molecule has 0 fully saturated rings. The van der Waals surface area contributed by atoms with Gasteiger partial charge in [0, 0.05) is 12.3 Å². The zero-order chi connectivity index (χ0) is 10.7. The van der Waals surface area contributed by atoms with Crippen molar-refractivity contribution in [1.82, 2.24) is 4.98 Å². The molecule has 1 heterocycles. The molecule has 0 saturated carbocycles. The van der Waals surface area contributed by atoms with E-state index in [0.29, 0.717) is 0 Å². The van der Waals surface area contributed by atoms with Gasteiger partial charge in [0.2, 0.25) is 0 Å². The fourth-order valence-electron chi connectivity index (χ4n) is 0.958. The van der Waals surface area contributed by atoms with Crippen LogP contribution in [0.4, 0.5) is 5.69 Å². The Bertz CT molecular complexity index is 358. The minimum Gasteiger partial charge on any atom is -0.394 e. The summed E-state index contributed by atoms with van der Waals surface area (Å²) in [4.78, 5) is 13.6. The Morgan fingerprint density at radius 1 is 1.79 bits per heavy atom. The van der Waals surface area contributed by atoms with Gasteiger partial charge in [-0.15, -0.1) is 0 Å². The number of hydrogen-bond acceptors (Lipinski definition) is 5. The van der Waals surface area contributed by atoms with Crippen molar-refractivity contribution < 1.29 is 10.0 Å². The number of nitrogens with zero attached hydrogens (tertiary/aromatic N) is 2. The Morgan fingerprint density at radius 2 is 2.43 bits per heavy atom. The van der Waals surface area contributed by atoms with Crippen LogP contribution in [0.5, 0.6) is 0 Å². The molecule has 0 aliphatic rings. The number of aliphatic hydroxyl groups is 1. The summed E-state index contributed by atoms with van der Waals surface area (Å²) in [6.07, 6.45) is 1.25. The van der Waals surface area contributed by atoms with E-state index in [0.717, 1.165) is 6.07 Å². The van der Waals surface area contributed by atoms with Gasteiger partial charge in [0.25, 0.3) is 5.69 Å². The molecular weight excluding hydrogens is 210 g/mol. The van der Waals surface area contributed by atoms with Gasteiger partial charge in [-0.25, -0.2) is 0 Å². The lowest BCUT2D eigenvalue weighted by Gasteiger charge is -2.07. The van der Waals surface area contributed by atoms with Crippen LogP contribution in [-0.2, 0) is 0 Å². The molecule has 0 amide bonds. The molecule has 0 unspecified atom stereocenters. The number of aliphatic hydroxyl groups excluding tert-OH is 1. The molecule has 3 N–H and O–H groups in total. The number of pyridine rings is 1. The van der Waals surface area contributed by atoms with E-state index in [1.165, 1.54) is 6.20 Å². The molecular formula is C7H8ClN3O3. The molecule has 14 heavy (non-hydrogen) atoms. The second-order valence-electron chi connectivity index (χ2n) is 2.60. The fourth-order valence-corrected chi connectivity index (χ4v) is 1.11. The summed E-state index contributed by atoms with van der Waals surface area (Å²) >= 11 is 5.54. The molecule has 0 bridgehead atoms. The molecule has 0 radical (unpaired) electrons. The number of aromatic nitrogens is 1. The molecule has 1 aromatic rings. The molecule has 6 nitrogen and oxygen atoms in total. The Morgan fingerprint density at radius 3 is 2.93 bits per heavy atom. The van der Waals surface area contributed by atoms with Crippen LogP contribution in [0.25, 0.3) is 0 Å². The lowest BCUT2D eigenvalue weighted by atomic mass is 10.2. The smallest absolute Gasteiger partial charge is 0.293 e. The fraction of sp³-hybridized carbons (Fsp3) is 0.286. The second kappa shape index (κ2) is 4.32. The van der Waals surface area contributed by atoms with E-state index in [9.17, 15) is 10.1 Å². The van der Waals surface area contributed by atoms with Gasteiger partial charge >= 0.3 is 0 Å². The standard InChI is InChI=1S/C7H8ClN3O3/c8-4-1-6(11(13)14)7(10-2-4)5(9)3-12/h1-2,5,12H,3,9H2/t5-/m0/s1. The number of rotatable bonds is 3. The minimum absolute atomic E-state index is 0.0295. The third-order valence-corrected chi connectivity index (χ3v) is 1.82. The molecule has 0 spiro atoms. The van der Waals surface area contributed by atoms with Gasteiger partial charge in [-0.05, 0) is 0 Å². The molecule has 0 aliphatic carbocycles. The van der Waals surface area contributed by atoms with Crippen molar-refractivity contribution in [3.05, 3.63) is 33.1 Å². The Hall–Kier alpha value is -1.24. The zero-order valence-corrected chi connectivity index (χ0v) is 7.81. The van der Waals surface area contributed by atoms with Crippen molar-refractivity contribution >= 4 is 17.3 Å². The van der Waals surface area contributed by atoms with Crippen molar-refractivity contribution in [1.29, 1.82) is 0 Å². The van der Waals surface area contributed by atoms with E-state index in [1.807, 2.05) is 0 Å². The van der Waals surface area contributed by atoms with Gasteiger partial charge < -0.3 is 10.8 Å². The van der Waals surface area contributed by atoms with E-state index in [1.54, 1.807) is 0 Å². The van der Waals surface area contributed by atoms with Gasteiger partial charge in [-0.3, -0.25) is 15.1 Å². The van der Waals surface area contributed by atoms with E-state index < -0.39 is 17.6 Å². The second-order valence-corrected chi connectivity index (χ2v) is 3.04. The summed E-state index contributed by atoms with van der Waals surface area (Å²) in [6, 6.07) is 0.284. The highest BCUT2D eigenvalue weighted by Gasteiger charge is 2.20. The third kappa shape index (κ3) is 2.16. The lowest BCUT2D eigenvalue weighted by Crippen LogP contribution is -2.17. The Balaban J connectivity index is 3.21. The van der Waals surface area contributed by atoms with Crippen LogP contribution in [0.15, 0.2) is 12.3 Å². The largest absolute Gasteiger partial charge is 0.394 e. The topological polar surface area (TPSA) is 102 Å². The van der Waals surface area contributed by atoms with Crippen molar-refractivity contribution in [3.8, 4) is 0 Å². The maximum absolute atomic E-state index is 10.6. The molecule has 1 rings (SSSR count). The van der Waals surface area contributed by atoms with Gasteiger partial charge in [-0.2, -0.15) is 0 Å². The summed E-state index contributed by atoms with van der Waals surface area (Å²) in [5.74, 6) is 0. The maximum Gasteiger partial charge on any atom is 0.293 e. The predicted molar refractivity (Wildman–Crippen MR) is 49.9 cm³/mol. The van der Waals surface area contributed by atoms with Crippen LogP contribution < -0.4 is 5.73 Å². The first kappa shape index (κ1) is 10.8. The van der Waals surface area contributed by atoms with Crippen LogP contribution in [-0.4, -0.2) is 21.6 Å². The lowest BCUT2D eigenvalue weighted by molar-refractivity contribution is -0.386. The number of halogens is 1. The minimum atomic E-state index is -0.868. The molecule has 1 atom stereocenters. The monoisotopic (exact) mass is 217 g/mol. The first-order chi connectivity index (χ1) is 6.56. The normalized spacial score (nSPS) is 12.5. The molecule has 76 valence electrons. The van der Waals surface area contributed by atoms with Crippen molar-refractivity contribution in [3.63, 3.8) is 0 Å². The van der Waals surface area contributed by atoms with Gasteiger partial charge in [0.1, 0.15) is 5.69 Å². The van der Waals surface area contributed by atoms with Crippen molar-refractivity contribution in [2.45, 2.75) is 6.04 Å². The highest BCUT2D eigenvalue weighted by Crippen LogP contribution is 2.24. The summed E-state index contributed by atoms with van der Waals surface area (Å²) in [6.45, 7) is -0.407. The van der Waals surface area contributed by atoms with Gasteiger partial charge in [0.05, 0.1) is 22.6 Å². The van der Waals surface area contributed by atoms with Gasteiger partial charge in [-0.1, -0.05) is 11.6 Å². The Labute approximate surface area is 84.5 Å². The van der Waals surface area contributed by atoms with Crippen LogP contribution >= 0.6 is 11.6 Å². The predicted octanol–water partition coefficient (Wildman–Crippen LogP) is 0.635. The maximum atomic E-state index is 10.6. The summed E-state index contributed by atoms with van der Waals surface area (Å²) in [7, 11) is 0. The highest BCUT2D eigenvalue weighted by molar-refractivity contribution is 6.30. The number of hydrogen-bond donors (Lipinski definition) is 2. The summed E-state index contributed by atoms with van der Waals surface area (Å²) in [5, 5.41) is 19.5. The average Bonchev–Trinajstić information content (AvgIpc) is 2.16. The third-order valence-electron chi connectivity index (χ3n) is 1.61. The van der Waals surface area contributed by atoms with Crippen molar-refractivity contribution in [2.24, 2.45) is 5.73 Å². The average molecular weight is 218 g/mol. The van der Waals surface area contributed by atoms with E-state index in [4.69, 9.17) is 22.4 Å². The quantitative estimate of drug-likeness (QED) is 0.571. The van der Waals surface area contributed by atoms with Crippen LogP contribution in [0.1, 0.15) is 11.7 Å². The van der Waals surface area contributed by atoms with Crippen LogP contribution in [0.3, 0.4) is 0 Å². The summed E-state index contributed by atoms with van der Waals surface area (Å²) in [5.41, 5.74) is 5.17. The molecule has 0 aliphatic heterocycles. The van der Waals surface area contributed by atoms with E-state index >= 15 is 0 Å². The van der Waals surface area contributed by atoms with Crippen LogP contribution in [0, 0.1) is 10.1 Å². The van der Waals surface area contributed by atoms with E-state index in [2.05, 4.69) is 4.98 Å². The van der Waals surface area contributed by atoms with E-state index in [-0.39, 0.29) is 16.4 Å². The number of nitro groups is 1. The zero-order valence-electron chi connectivity index (χ0n) is 7.05. The highest BCUT2D eigenvalue weighted by atomic mass is 35.5. The first-order valence-corrected chi connectivity index (χ1v) is 4.10. The molecule has 0 saturated heterocycles. The van der Waals surface area contributed by atoms with Gasteiger partial charge in [0.15, 0.2) is 0 Å². The molecule has 1 aromatic heterocycles. The SMILES string of the molecule is N[C@@H](CO)c1ncc(Cl)cc1[N+](=O)[O-]. The number of nitrogens with two attached hydrogens (primary N) is 1. The Kier molecular flexibility index (Phi) is 3.34. The molecule has 0 aromatic carbocycles. The summed E-state index contributed by atoms with van der Waals surface area (Å²) < 4.78 is 0. The van der Waals surface area contributed by atoms with Crippen molar-refractivity contribution in [2.75, 3.05) is 6.61 Å². The molecule has 7 heteroatoms.